The van der Waals surface area contributed by atoms with Gasteiger partial charge in [0.05, 0.1) is 12.0 Å². The van der Waals surface area contributed by atoms with Crippen molar-refractivity contribution in [3.63, 3.8) is 0 Å². The molecule has 0 aliphatic heterocycles. The van der Waals surface area contributed by atoms with Crippen LogP contribution in [-0.4, -0.2) is 70.4 Å². The molecule has 146 valence electrons. The molecule has 27 heavy (non-hydrogen) atoms. The molecule has 0 fully saturated rings. The maximum atomic E-state index is 9.01. The number of guanidine groups is 2. The summed E-state index contributed by atoms with van der Waals surface area (Å²) in [5, 5.41) is 38.5. The third kappa shape index (κ3) is 7.68. The molecule has 0 radical (unpaired) electrons. The number of hydrogen-bond acceptors (Lipinski definition) is 7. The van der Waals surface area contributed by atoms with Gasteiger partial charge in [0.15, 0.2) is 12.4 Å². The molecule has 0 saturated carbocycles. The van der Waals surface area contributed by atoms with Gasteiger partial charge in [0.1, 0.15) is 0 Å². The molecule has 0 saturated heterocycles. The van der Waals surface area contributed by atoms with E-state index >= 15 is 0 Å². The minimum Gasteiger partial charge on any atom is -0.359 e. The summed E-state index contributed by atoms with van der Waals surface area (Å²) in [7, 11) is 3.23. The smallest absolute Gasteiger partial charge is 0.204 e. The molecule has 0 unspecified atom stereocenters. The van der Waals surface area contributed by atoms with Crippen LogP contribution in [0.2, 0.25) is 0 Å². The summed E-state index contributed by atoms with van der Waals surface area (Å²) in [6.45, 7) is 0.942. The summed E-state index contributed by atoms with van der Waals surface area (Å²) in [6.07, 6.45) is 5.63. The van der Waals surface area contributed by atoms with Crippen molar-refractivity contribution < 1.29 is 0 Å². The van der Waals surface area contributed by atoms with Gasteiger partial charge >= 0.3 is 0 Å². The van der Waals surface area contributed by atoms with E-state index in [-0.39, 0.29) is 11.9 Å². The van der Waals surface area contributed by atoms with Crippen molar-refractivity contribution in [2.45, 2.75) is 11.5 Å². The van der Waals surface area contributed by atoms with E-state index in [1.807, 2.05) is 12.4 Å². The second kappa shape index (κ2) is 12.7. The van der Waals surface area contributed by atoms with Gasteiger partial charge in [0.25, 0.3) is 0 Å². The number of nitriles is 2. The molecule has 0 spiro atoms. The number of hydrogen-bond donors (Lipinski definition) is 5. The van der Waals surface area contributed by atoms with Crippen LogP contribution in [0.5, 0.6) is 0 Å². The van der Waals surface area contributed by atoms with Crippen LogP contribution in [-0.2, 0) is 11.5 Å². The van der Waals surface area contributed by atoms with Crippen LogP contribution in [0.1, 0.15) is 11.4 Å². The maximum absolute atomic E-state index is 9.01. The molecule has 0 aliphatic rings. The third-order valence-corrected chi connectivity index (χ3v) is 5.38. The molecule has 0 aromatic carbocycles. The molecule has 5 N–H and O–H groups in total. The quantitative estimate of drug-likeness (QED) is 0.124. The van der Waals surface area contributed by atoms with Gasteiger partial charge in [0.2, 0.25) is 11.9 Å². The van der Waals surface area contributed by atoms with Gasteiger partial charge in [-0.3, -0.25) is 10.8 Å². The van der Waals surface area contributed by atoms with Crippen molar-refractivity contribution >= 4 is 35.4 Å². The SMILES string of the molecule is CNC(=N)N(C#N)CCSCc1nc[nH]c1CSCCN(C#N)C(=N)NC. The molecular weight excluding hydrogens is 384 g/mol. The first-order valence-electron chi connectivity index (χ1n) is 8.11. The average molecular weight is 409 g/mol. The summed E-state index contributed by atoms with van der Waals surface area (Å²) in [5.74, 6) is 3.08. The lowest BCUT2D eigenvalue weighted by molar-refractivity contribution is 0.587. The minimum absolute atomic E-state index is 0.0905. The van der Waals surface area contributed by atoms with Crippen LogP contribution < -0.4 is 10.6 Å². The van der Waals surface area contributed by atoms with Gasteiger partial charge < -0.3 is 15.6 Å². The number of nitrogens with one attached hydrogen (secondary N) is 5. The Bertz CT molecular complexity index is 633. The first-order chi connectivity index (χ1) is 13.1. The second-order valence-corrected chi connectivity index (χ2v) is 7.34. The zero-order valence-corrected chi connectivity index (χ0v) is 17.0. The fourth-order valence-electron chi connectivity index (χ4n) is 1.95. The van der Waals surface area contributed by atoms with Crippen LogP contribution in [0.4, 0.5) is 0 Å². The average Bonchev–Trinajstić information content (AvgIpc) is 3.14. The standard InChI is InChI=1S/C15H24N10S2/c1-20-14(18)24(9-16)3-5-26-7-12-13(23-11-22-12)8-27-6-4-25(10-17)15(19)21-2/h11H,3-8H2,1-2H3,(H2,18,20)(H2,19,21)(H,22,23). The van der Waals surface area contributed by atoms with Crippen LogP contribution in [0, 0.1) is 33.7 Å². The van der Waals surface area contributed by atoms with Crippen molar-refractivity contribution in [2.24, 2.45) is 0 Å². The van der Waals surface area contributed by atoms with Crippen LogP contribution in [0.15, 0.2) is 6.33 Å². The zero-order valence-electron chi connectivity index (χ0n) is 15.4. The van der Waals surface area contributed by atoms with Crippen molar-refractivity contribution in [1.82, 2.24) is 30.4 Å². The Morgan fingerprint density at radius 2 is 1.59 bits per heavy atom. The van der Waals surface area contributed by atoms with Gasteiger partial charge in [-0.15, -0.1) is 0 Å². The number of thioether (sulfide) groups is 2. The van der Waals surface area contributed by atoms with Crippen LogP contribution in [0.25, 0.3) is 0 Å². The number of nitrogens with zero attached hydrogens (tertiary/aromatic N) is 5. The predicted octanol–water partition coefficient (Wildman–Crippen LogP) is 0.751. The molecule has 10 nitrogen and oxygen atoms in total. The Morgan fingerprint density at radius 3 is 2.07 bits per heavy atom. The minimum atomic E-state index is 0.0905. The normalized spacial score (nSPS) is 9.78. The fourth-order valence-corrected chi connectivity index (χ4v) is 3.76. The number of aromatic amines is 1. The Balaban J connectivity index is 2.34. The molecule has 0 bridgehead atoms. The lowest BCUT2D eigenvalue weighted by atomic mass is 10.4. The Kier molecular flexibility index (Phi) is 10.6. The van der Waals surface area contributed by atoms with E-state index in [1.165, 1.54) is 9.80 Å². The van der Waals surface area contributed by atoms with E-state index in [9.17, 15) is 0 Å². The molecule has 0 atom stereocenters. The molecule has 1 heterocycles. The van der Waals surface area contributed by atoms with Gasteiger partial charge in [0, 0.05) is 55.9 Å². The first kappa shape index (κ1) is 22.5. The first-order valence-corrected chi connectivity index (χ1v) is 10.4. The highest BCUT2D eigenvalue weighted by Gasteiger charge is 2.10. The summed E-state index contributed by atoms with van der Waals surface area (Å²) >= 11 is 3.32. The van der Waals surface area contributed by atoms with Crippen molar-refractivity contribution in [3.8, 4) is 12.4 Å². The van der Waals surface area contributed by atoms with Crippen molar-refractivity contribution in [1.29, 1.82) is 21.3 Å². The lowest BCUT2D eigenvalue weighted by Crippen LogP contribution is -2.36. The largest absolute Gasteiger partial charge is 0.359 e. The van der Waals surface area contributed by atoms with Gasteiger partial charge in [-0.1, -0.05) is 0 Å². The van der Waals surface area contributed by atoms with Crippen LogP contribution in [0.3, 0.4) is 0 Å². The number of rotatable bonds is 10. The molecule has 1 aromatic heterocycles. The molecule has 0 amide bonds. The molecule has 1 rings (SSSR count). The number of imidazole rings is 1. The van der Waals surface area contributed by atoms with E-state index in [0.29, 0.717) is 24.6 Å². The highest BCUT2D eigenvalue weighted by molar-refractivity contribution is 7.98. The monoisotopic (exact) mass is 408 g/mol. The molecule has 12 heteroatoms. The molecule has 1 aromatic rings. The molecular formula is C15H24N10S2. The number of aromatic nitrogens is 2. The summed E-state index contributed by atoms with van der Waals surface area (Å²) < 4.78 is 0. The number of H-pyrrole nitrogens is 1. The van der Waals surface area contributed by atoms with Crippen LogP contribution >= 0.6 is 23.5 Å². The fraction of sp³-hybridized carbons (Fsp3) is 0.533. The zero-order chi connectivity index (χ0) is 20.1. The summed E-state index contributed by atoms with van der Waals surface area (Å²) in [5.41, 5.74) is 2.01. The Labute approximate surface area is 167 Å². The summed E-state index contributed by atoms with van der Waals surface area (Å²) in [6, 6.07) is 0. The predicted molar refractivity (Wildman–Crippen MR) is 109 cm³/mol. The Morgan fingerprint density at radius 1 is 1.07 bits per heavy atom. The van der Waals surface area contributed by atoms with Crippen molar-refractivity contribution in [3.05, 3.63) is 17.7 Å². The lowest BCUT2D eigenvalue weighted by Gasteiger charge is -2.15. The van der Waals surface area contributed by atoms with E-state index < -0.39 is 0 Å². The Hall–Kier alpha value is -2.57. The third-order valence-electron chi connectivity index (χ3n) is 3.47. The summed E-state index contributed by atoms with van der Waals surface area (Å²) in [4.78, 5) is 10.1. The van der Waals surface area contributed by atoms with E-state index in [4.69, 9.17) is 21.3 Å². The maximum Gasteiger partial charge on any atom is 0.204 e. The molecule has 0 aliphatic carbocycles. The van der Waals surface area contributed by atoms with Gasteiger partial charge in [-0.05, 0) is 0 Å². The highest BCUT2D eigenvalue weighted by Crippen LogP contribution is 2.18. The van der Waals surface area contributed by atoms with E-state index in [1.54, 1.807) is 43.9 Å². The van der Waals surface area contributed by atoms with Gasteiger partial charge in [-0.25, -0.2) is 14.8 Å². The highest BCUT2D eigenvalue weighted by atomic mass is 32.2. The van der Waals surface area contributed by atoms with Crippen molar-refractivity contribution in [2.75, 3.05) is 38.7 Å². The van der Waals surface area contributed by atoms with Gasteiger partial charge in [-0.2, -0.15) is 34.0 Å². The topological polar surface area (TPSA) is 154 Å². The van der Waals surface area contributed by atoms with E-state index in [0.717, 1.165) is 22.9 Å². The second-order valence-electron chi connectivity index (χ2n) is 5.13. The van der Waals surface area contributed by atoms with E-state index in [2.05, 4.69) is 20.6 Å².